The summed E-state index contributed by atoms with van der Waals surface area (Å²) in [5.41, 5.74) is 0.898. The van der Waals surface area contributed by atoms with E-state index in [1.54, 1.807) is 29.2 Å². The van der Waals surface area contributed by atoms with Crippen molar-refractivity contribution < 1.29 is 14.4 Å². The third kappa shape index (κ3) is 3.35. The van der Waals surface area contributed by atoms with Gasteiger partial charge in [0.2, 0.25) is 5.91 Å². The van der Waals surface area contributed by atoms with Gasteiger partial charge in [-0.15, -0.1) is 0 Å². The van der Waals surface area contributed by atoms with Gasteiger partial charge in [0.25, 0.3) is 5.91 Å². The molecule has 2 fully saturated rings. The monoisotopic (exact) mass is 328 g/mol. The van der Waals surface area contributed by atoms with E-state index in [2.05, 4.69) is 0 Å². The Balaban J connectivity index is 1.74. The molecule has 0 aromatic heterocycles. The zero-order chi connectivity index (χ0) is 17.1. The lowest BCUT2D eigenvalue weighted by Crippen LogP contribution is -2.46. The zero-order valence-corrected chi connectivity index (χ0v) is 14.2. The van der Waals surface area contributed by atoms with Crippen LogP contribution in [0.5, 0.6) is 0 Å². The molecule has 2 aliphatic heterocycles. The van der Waals surface area contributed by atoms with Crippen LogP contribution in [0.15, 0.2) is 24.3 Å². The standard InChI is InChI=1S/C19H24N2O3/c1-14(22)16-8-2-3-9-17(16)19(24)21-12-6-7-15(13-21)18(23)20-10-4-5-11-20/h2-3,8-9,15H,4-7,10-13H2,1H3/t15-/m0/s1. The molecule has 1 atom stereocenters. The molecule has 0 unspecified atom stereocenters. The van der Waals surface area contributed by atoms with Crippen molar-refractivity contribution in [3.8, 4) is 0 Å². The van der Waals surface area contributed by atoms with Crippen molar-refractivity contribution in [2.24, 2.45) is 5.92 Å². The average molecular weight is 328 g/mol. The highest BCUT2D eigenvalue weighted by Gasteiger charge is 2.33. The summed E-state index contributed by atoms with van der Waals surface area (Å²) in [7, 11) is 0. The first-order chi connectivity index (χ1) is 11.6. The fourth-order valence-electron chi connectivity index (χ4n) is 3.71. The zero-order valence-electron chi connectivity index (χ0n) is 14.2. The molecule has 2 heterocycles. The number of carbonyl (C=O) groups excluding carboxylic acids is 3. The van der Waals surface area contributed by atoms with Crippen molar-refractivity contribution in [3.05, 3.63) is 35.4 Å². The predicted molar refractivity (Wildman–Crippen MR) is 90.9 cm³/mol. The maximum absolute atomic E-state index is 12.9. The van der Waals surface area contributed by atoms with E-state index in [0.29, 0.717) is 24.2 Å². The molecule has 0 N–H and O–H groups in total. The summed E-state index contributed by atoms with van der Waals surface area (Å²) in [6, 6.07) is 6.93. The van der Waals surface area contributed by atoms with Gasteiger partial charge in [0, 0.05) is 31.7 Å². The lowest BCUT2D eigenvalue weighted by molar-refractivity contribution is -0.135. The highest BCUT2D eigenvalue weighted by atomic mass is 16.2. The summed E-state index contributed by atoms with van der Waals surface area (Å²) in [6.07, 6.45) is 3.83. The van der Waals surface area contributed by atoms with Crippen molar-refractivity contribution in [2.45, 2.75) is 32.6 Å². The molecule has 2 saturated heterocycles. The van der Waals surface area contributed by atoms with Crippen molar-refractivity contribution in [1.82, 2.24) is 9.80 Å². The summed E-state index contributed by atoms with van der Waals surface area (Å²) in [5.74, 6) is -0.171. The Kier molecular flexibility index (Phi) is 4.97. The molecule has 5 heteroatoms. The third-order valence-electron chi connectivity index (χ3n) is 5.01. The number of likely N-dealkylation sites (tertiary alicyclic amines) is 2. The van der Waals surface area contributed by atoms with Gasteiger partial charge in [0.05, 0.1) is 11.5 Å². The lowest BCUT2D eigenvalue weighted by atomic mass is 9.95. The van der Waals surface area contributed by atoms with E-state index >= 15 is 0 Å². The molecule has 3 rings (SSSR count). The number of rotatable bonds is 3. The number of piperidine rings is 1. The second kappa shape index (κ2) is 7.16. The number of ketones is 1. The minimum atomic E-state index is -0.139. The first-order valence-corrected chi connectivity index (χ1v) is 8.76. The van der Waals surface area contributed by atoms with E-state index < -0.39 is 0 Å². The van der Waals surface area contributed by atoms with Crippen LogP contribution in [0.2, 0.25) is 0 Å². The van der Waals surface area contributed by atoms with E-state index in [0.717, 1.165) is 38.8 Å². The Labute approximate surface area is 142 Å². The van der Waals surface area contributed by atoms with Crippen molar-refractivity contribution >= 4 is 17.6 Å². The van der Waals surface area contributed by atoms with Crippen LogP contribution in [-0.2, 0) is 4.79 Å². The number of hydrogen-bond acceptors (Lipinski definition) is 3. The Morgan fingerprint density at radius 1 is 0.917 bits per heavy atom. The molecule has 0 aliphatic carbocycles. The van der Waals surface area contributed by atoms with E-state index in [1.165, 1.54) is 6.92 Å². The lowest BCUT2D eigenvalue weighted by Gasteiger charge is -2.34. The second-order valence-corrected chi connectivity index (χ2v) is 6.72. The van der Waals surface area contributed by atoms with E-state index in [1.807, 2.05) is 4.90 Å². The number of benzene rings is 1. The fourth-order valence-corrected chi connectivity index (χ4v) is 3.71. The molecule has 2 amide bonds. The van der Waals surface area contributed by atoms with Crippen molar-refractivity contribution in [1.29, 1.82) is 0 Å². The molecular weight excluding hydrogens is 304 g/mol. The topological polar surface area (TPSA) is 57.7 Å². The first kappa shape index (κ1) is 16.7. The van der Waals surface area contributed by atoms with E-state index in [-0.39, 0.29) is 23.5 Å². The highest BCUT2D eigenvalue weighted by Crippen LogP contribution is 2.23. The Morgan fingerprint density at radius 2 is 1.54 bits per heavy atom. The van der Waals surface area contributed by atoms with Crippen LogP contribution in [-0.4, -0.2) is 53.6 Å². The fraction of sp³-hybridized carbons (Fsp3) is 0.526. The van der Waals surface area contributed by atoms with Gasteiger partial charge in [0.1, 0.15) is 0 Å². The molecular formula is C19H24N2O3. The van der Waals surface area contributed by atoms with E-state index in [9.17, 15) is 14.4 Å². The molecule has 1 aromatic rings. The summed E-state index contributed by atoms with van der Waals surface area (Å²) in [5, 5.41) is 0. The van der Waals surface area contributed by atoms with Crippen LogP contribution >= 0.6 is 0 Å². The molecule has 0 spiro atoms. The average Bonchev–Trinajstić information content (AvgIpc) is 3.15. The van der Waals surface area contributed by atoms with Gasteiger partial charge in [-0.1, -0.05) is 18.2 Å². The number of amides is 2. The Morgan fingerprint density at radius 3 is 2.21 bits per heavy atom. The smallest absolute Gasteiger partial charge is 0.254 e. The SMILES string of the molecule is CC(=O)c1ccccc1C(=O)N1CCC[C@H](C(=O)N2CCCC2)C1. The van der Waals surface area contributed by atoms with Gasteiger partial charge in [-0.3, -0.25) is 14.4 Å². The molecule has 128 valence electrons. The summed E-state index contributed by atoms with van der Waals surface area (Å²) in [4.78, 5) is 40.9. The number of carbonyl (C=O) groups is 3. The van der Waals surface area contributed by atoms with Gasteiger partial charge in [0.15, 0.2) is 5.78 Å². The van der Waals surface area contributed by atoms with Gasteiger partial charge in [-0.2, -0.15) is 0 Å². The molecule has 0 saturated carbocycles. The molecule has 5 nitrogen and oxygen atoms in total. The molecule has 2 aliphatic rings. The maximum Gasteiger partial charge on any atom is 0.254 e. The Hall–Kier alpha value is -2.17. The molecule has 0 radical (unpaired) electrons. The minimum Gasteiger partial charge on any atom is -0.342 e. The molecule has 24 heavy (non-hydrogen) atoms. The number of hydrogen-bond donors (Lipinski definition) is 0. The largest absolute Gasteiger partial charge is 0.342 e. The van der Waals surface area contributed by atoms with Gasteiger partial charge in [-0.05, 0) is 38.7 Å². The molecule has 1 aromatic carbocycles. The first-order valence-electron chi connectivity index (χ1n) is 8.76. The van der Waals surface area contributed by atoms with Crippen molar-refractivity contribution in [3.63, 3.8) is 0 Å². The Bertz CT molecular complexity index is 650. The number of nitrogens with zero attached hydrogens (tertiary/aromatic N) is 2. The minimum absolute atomic E-state index is 0.106. The van der Waals surface area contributed by atoms with Crippen LogP contribution in [0.1, 0.15) is 53.3 Å². The van der Waals surface area contributed by atoms with Gasteiger partial charge in [-0.25, -0.2) is 0 Å². The van der Waals surface area contributed by atoms with Crippen LogP contribution in [0.3, 0.4) is 0 Å². The summed E-state index contributed by atoms with van der Waals surface area (Å²) in [6.45, 7) is 4.27. The van der Waals surface area contributed by atoms with Crippen LogP contribution < -0.4 is 0 Å². The van der Waals surface area contributed by atoms with Gasteiger partial charge < -0.3 is 9.80 Å². The summed E-state index contributed by atoms with van der Waals surface area (Å²) >= 11 is 0. The van der Waals surface area contributed by atoms with Gasteiger partial charge >= 0.3 is 0 Å². The van der Waals surface area contributed by atoms with Crippen LogP contribution in [0.4, 0.5) is 0 Å². The normalized spacial score (nSPS) is 21.0. The van der Waals surface area contributed by atoms with Crippen LogP contribution in [0.25, 0.3) is 0 Å². The molecule has 0 bridgehead atoms. The second-order valence-electron chi connectivity index (χ2n) is 6.72. The number of Topliss-reactive ketones (excluding diaryl/α,β-unsaturated/α-hetero) is 1. The summed E-state index contributed by atoms with van der Waals surface area (Å²) < 4.78 is 0. The quantitative estimate of drug-likeness (QED) is 0.801. The van der Waals surface area contributed by atoms with E-state index in [4.69, 9.17) is 0 Å². The van der Waals surface area contributed by atoms with Crippen molar-refractivity contribution in [2.75, 3.05) is 26.2 Å². The highest BCUT2D eigenvalue weighted by molar-refractivity contribution is 6.07. The maximum atomic E-state index is 12.9. The predicted octanol–water partition coefficient (Wildman–Crippen LogP) is 2.36. The van der Waals surface area contributed by atoms with Crippen LogP contribution in [0, 0.1) is 5.92 Å². The third-order valence-corrected chi connectivity index (χ3v) is 5.01.